The average molecular weight is 388 g/mol. The highest BCUT2D eigenvalue weighted by atomic mass is 28.3. The minimum Gasteiger partial charge on any atom is -0.465 e. The Bertz CT molecular complexity index is 867. The van der Waals surface area contributed by atoms with Crippen LogP contribution in [0, 0.1) is 6.92 Å². The fourth-order valence-corrected chi connectivity index (χ4v) is 4.06. The molecule has 6 nitrogen and oxygen atoms in total. The molecule has 0 bridgehead atoms. The fourth-order valence-electron chi connectivity index (χ4n) is 3.31. The van der Waals surface area contributed by atoms with E-state index in [0.29, 0.717) is 19.8 Å². The van der Waals surface area contributed by atoms with Crippen LogP contribution < -0.4 is 0 Å². The van der Waals surface area contributed by atoms with E-state index in [1.165, 1.54) is 21.6 Å². The van der Waals surface area contributed by atoms with Gasteiger partial charge in [-0.15, -0.1) is 0 Å². The van der Waals surface area contributed by atoms with Crippen molar-refractivity contribution in [2.24, 2.45) is 0 Å². The number of carbonyl (C=O) groups is 1. The van der Waals surface area contributed by atoms with Gasteiger partial charge in [-0.1, -0.05) is 25.7 Å². The maximum atomic E-state index is 11.1. The standard InChI is InChI=1S/C20H29N3O3Si/c1-15-11-17-13-21-23(14-26-9-10-27(2,3)4)19(17)12-18(15)16-5-7-22(8-6-16)20(24)25/h5,11-13H,6-10,14H2,1-4H3,(H,24,25). The van der Waals surface area contributed by atoms with E-state index in [9.17, 15) is 4.79 Å². The number of carboxylic acid groups (broad SMARTS) is 1. The van der Waals surface area contributed by atoms with Crippen LogP contribution in [0.15, 0.2) is 24.4 Å². The molecule has 27 heavy (non-hydrogen) atoms. The normalized spacial score (nSPS) is 15.3. The van der Waals surface area contributed by atoms with Crippen LogP contribution in [0.5, 0.6) is 0 Å². The molecular formula is C20H29N3O3Si. The van der Waals surface area contributed by atoms with Gasteiger partial charge in [0.25, 0.3) is 0 Å². The first-order chi connectivity index (χ1) is 12.7. The number of rotatable bonds is 6. The van der Waals surface area contributed by atoms with Crippen molar-refractivity contribution >= 4 is 30.6 Å². The van der Waals surface area contributed by atoms with Crippen LogP contribution in [0.4, 0.5) is 4.79 Å². The third-order valence-electron chi connectivity index (χ3n) is 5.02. The van der Waals surface area contributed by atoms with Crippen LogP contribution >= 0.6 is 0 Å². The summed E-state index contributed by atoms with van der Waals surface area (Å²) in [5.41, 5.74) is 4.64. The van der Waals surface area contributed by atoms with Crippen LogP contribution in [0.3, 0.4) is 0 Å². The molecule has 0 unspecified atom stereocenters. The summed E-state index contributed by atoms with van der Waals surface area (Å²) >= 11 is 0. The first-order valence-electron chi connectivity index (χ1n) is 9.46. The average Bonchev–Trinajstić information content (AvgIpc) is 2.99. The molecule has 0 spiro atoms. The van der Waals surface area contributed by atoms with Gasteiger partial charge in [0, 0.05) is 33.2 Å². The topological polar surface area (TPSA) is 67.6 Å². The van der Waals surface area contributed by atoms with Gasteiger partial charge in [0.05, 0.1) is 11.7 Å². The van der Waals surface area contributed by atoms with Crippen molar-refractivity contribution in [3.05, 3.63) is 35.5 Å². The number of aromatic nitrogens is 2. The number of hydrogen-bond donors (Lipinski definition) is 1. The second-order valence-electron chi connectivity index (χ2n) is 8.43. The molecule has 1 aromatic carbocycles. The zero-order valence-corrected chi connectivity index (χ0v) is 17.7. The molecule has 1 aliphatic rings. The highest BCUT2D eigenvalue weighted by Crippen LogP contribution is 2.29. The summed E-state index contributed by atoms with van der Waals surface area (Å²) in [5.74, 6) is 0. The van der Waals surface area contributed by atoms with E-state index in [1.54, 1.807) is 0 Å². The van der Waals surface area contributed by atoms with Gasteiger partial charge in [-0.05, 0) is 48.2 Å². The van der Waals surface area contributed by atoms with Crippen molar-refractivity contribution in [2.75, 3.05) is 19.7 Å². The molecule has 7 heteroatoms. The Balaban J connectivity index is 1.78. The van der Waals surface area contributed by atoms with Crippen LogP contribution in [0.1, 0.15) is 17.5 Å². The molecule has 1 aliphatic heterocycles. The molecule has 0 atom stereocenters. The lowest BCUT2D eigenvalue weighted by atomic mass is 9.94. The van der Waals surface area contributed by atoms with Crippen molar-refractivity contribution in [1.82, 2.24) is 14.7 Å². The number of aryl methyl sites for hydroxylation is 1. The molecule has 0 aliphatic carbocycles. The van der Waals surface area contributed by atoms with Gasteiger partial charge in [0.15, 0.2) is 0 Å². The van der Waals surface area contributed by atoms with Crippen molar-refractivity contribution in [3.63, 3.8) is 0 Å². The maximum Gasteiger partial charge on any atom is 0.407 e. The van der Waals surface area contributed by atoms with Gasteiger partial charge in [-0.3, -0.25) is 0 Å². The molecule has 146 valence electrons. The molecular weight excluding hydrogens is 358 g/mol. The van der Waals surface area contributed by atoms with Gasteiger partial charge >= 0.3 is 6.09 Å². The zero-order chi connectivity index (χ0) is 19.6. The van der Waals surface area contributed by atoms with Crippen LogP contribution in [-0.2, 0) is 11.5 Å². The Morgan fingerprint density at radius 2 is 2.11 bits per heavy atom. The Morgan fingerprint density at radius 1 is 1.33 bits per heavy atom. The summed E-state index contributed by atoms with van der Waals surface area (Å²) in [6.07, 6.45) is 3.79. The van der Waals surface area contributed by atoms with E-state index in [-0.39, 0.29) is 0 Å². The predicted molar refractivity (Wildman–Crippen MR) is 111 cm³/mol. The molecule has 2 heterocycles. The minimum absolute atomic E-state index is 0.446. The van der Waals surface area contributed by atoms with E-state index in [1.807, 2.05) is 17.0 Å². The number of fused-ring (bicyclic) bond motifs is 1. The molecule has 0 radical (unpaired) electrons. The maximum absolute atomic E-state index is 11.1. The second-order valence-corrected chi connectivity index (χ2v) is 14.0. The van der Waals surface area contributed by atoms with E-state index in [0.717, 1.165) is 30.0 Å². The number of amides is 1. The summed E-state index contributed by atoms with van der Waals surface area (Å²) in [4.78, 5) is 12.5. The second kappa shape index (κ2) is 7.86. The Labute approximate surface area is 161 Å². The van der Waals surface area contributed by atoms with Gasteiger partial charge < -0.3 is 14.7 Å². The number of benzene rings is 1. The Kier molecular flexibility index (Phi) is 5.71. The molecule has 0 saturated carbocycles. The fraction of sp³-hybridized carbons (Fsp3) is 0.500. The van der Waals surface area contributed by atoms with Crippen molar-refractivity contribution < 1.29 is 14.6 Å². The van der Waals surface area contributed by atoms with E-state index < -0.39 is 14.2 Å². The van der Waals surface area contributed by atoms with E-state index >= 15 is 0 Å². The SMILES string of the molecule is Cc1cc2cnn(COCC[Si](C)(C)C)c2cc1C1=CCN(C(=O)O)CC1. The molecule has 0 fully saturated rings. The summed E-state index contributed by atoms with van der Waals surface area (Å²) < 4.78 is 7.78. The number of nitrogens with zero attached hydrogens (tertiary/aromatic N) is 3. The third-order valence-corrected chi connectivity index (χ3v) is 6.73. The lowest BCUT2D eigenvalue weighted by molar-refractivity contribution is 0.0817. The molecule has 0 saturated heterocycles. The summed E-state index contributed by atoms with van der Waals surface area (Å²) in [6.45, 7) is 11.3. The van der Waals surface area contributed by atoms with Gasteiger partial charge in [0.2, 0.25) is 0 Å². The van der Waals surface area contributed by atoms with Gasteiger partial charge in [-0.25, -0.2) is 9.48 Å². The quantitative estimate of drug-likeness (QED) is 0.588. The summed E-state index contributed by atoms with van der Waals surface area (Å²) in [7, 11) is -1.09. The highest BCUT2D eigenvalue weighted by Gasteiger charge is 2.19. The van der Waals surface area contributed by atoms with Crippen LogP contribution in [-0.4, -0.2) is 53.7 Å². The number of hydrogen-bond acceptors (Lipinski definition) is 3. The van der Waals surface area contributed by atoms with Crippen LogP contribution in [0.25, 0.3) is 16.5 Å². The summed E-state index contributed by atoms with van der Waals surface area (Å²) in [5, 5.41) is 14.7. The summed E-state index contributed by atoms with van der Waals surface area (Å²) in [6, 6.07) is 5.46. The lowest BCUT2D eigenvalue weighted by Gasteiger charge is -2.24. The third kappa shape index (κ3) is 4.78. The Hall–Kier alpha value is -2.12. The van der Waals surface area contributed by atoms with Gasteiger partial charge in [-0.2, -0.15) is 5.10 Å². The Morgan fingerprint density at radius 3 is 2.74 bits per heavy atom. The van der Waals surface area contributed by atoms with E-state index in [4.69, 9.17) is 9.84 Å². The highest BCUT2D eigenvalue weighted by molar-refractivity contribution is 6.76. The van der Waals surface area contributed by atoms with Crippen molar-refractivity contribution in [1.29, 1.82) is 0 Å². The van der Waals surface area contributed by atoms with Crippen molar-refractivity contribution in [2.45, 2.75) is 45.8 Å². The number of ether oxygens (including phenoxy) is 1. The molecule has 2 aromatic rings. The predicted octanol–water partition coefficient (Wildman–Crippen LogP) is 4.42. The molecule has 3 rings (SSSR count). The zero-order valence-electron chi connectivity index (χ0n) is 16.7. The van der Waals surface area contributed by atoms with Crippen molar-refractivity contribution in [3.8, 4) is 0 Å². The lowest BCUT2D eigenvalue weighted by Crippen LogP contribution is -2.33. The monoisotopic (exact) mass is 387 g/mol. The first kappa shape index (κ1) is 19.6. The largest absolute Gasteiger partial charge is 0.465 e. The molecule has 1 aromatic heterocycles. The first-order valence-corrected chi connectivity index (χ1v) is 13.2. The molecule has 1 N–H and O–H groups in total. The minimum atomic E-state index is -1.09. The van der Waals surface area contributed by atoms with E-state index in [2.05, 4.69) is 43.8 Å². The smallest absolute Gasteiger partial charge is 0.407 e. The van der Waals surface area contributed by atoms with Gasteiger partial charge in [0.1, 0.15) is 6.73 Å². The van der Waals surface area contributed by atoms with Crippen LogP contribution in [0.2, 0.25) is 25.7 Å². The molecule has 1 amide bonds.